The molecule has 0 bridgehead atoms. The van der Waals surface area contributed by atoms with Crippen LogP contribution >= 0.6 is 0 Å². The fourth-order valence-electron chi connectivity index (χ4n) is 3.71. The molecule has 1 fully saturated rings. The number of aliphatic imine (C=N–C) groups is 1. The van der Waals surface area contributed by atoms with Crippen molar-refractivity contribution in [1.82, 2.24) is 0 Å². The SMILES string of the molecule is CCCCCCCCC=CCCCCCCCCN=C1CCCCC1. The Hall–Kier alpha value is -0.590. The zero-order chi connectivity index (χ0) is 17.8. The molecular weight excluding hydrogens is 302 g/mol. The lowest BCUT2D eigenvalue weighted by Gasteiger charge is -2.12. The number of hydrogen-bond acceptors (Lipinski definition) is 1. The Morgan fingerprint density at radius 2 is 1.16 bits per heavy atom. The highest BCUT2D eigenvalue weighted by molar-refractivity contribution is 5.84. The van der Waals surface area contributed by atoms with E-state index in [1.165, 1.54) is 128 Å². The number of rotatable bonds is 16. The van der Waals surface area contributed by atoms with Gasteiger partial charge in [-0.25, -0.2) is 0 Å². The first-order valence-electron chi connectivity index (χ1n) is 11.6. The van der Waals surface area contributed by atoms with E-state index in [1.807, 2.05) is 0 Å². The van der Waals surface area contributed by atoms with Crippen molar-refractivity contribution in [2.75, 3.05) is 6.54 Å². The highest BCUT2D eigenvalue weighted by Gasteiger charge is 2.05. The van der Waals surface area contributed by atoms with E-state index in [4.69, 9.17) is 4.99 Å². The van der Waals surface area contributed by atoms with Crippen LogP contribution in [0.5, 0.6) is 0 Å². The van der Waals surface area contributed by atoms with Crippen molar-refractivity contribution in [2.45, 2.75) is 129 Å². The summed E-state index contributed by atoms with van der Waals surface area (Å²) in [6, 6.07) is 0. The lowest BCUT2D eigenvalue weighted by atomic mass is 9.98. The average molecular weight is 348 g/mol. The molecule has 1 aliphatic rings. The Morgan fingerprint density at radius 1 is 0.640 bits per heavy atom. The molecule has 0 amide bonds. The second-order valence-electron chi connectivity index (χ2n) is 7.95. The molecule has 1 saturated carbocycles. The quantitative estimate of drug-likeness (QED) is 0.196. The maximum Gasteiger partial charge on any atom is 0.0388 e. The Morgan fingerprint density at radius 3 is 1.76 bits per heavy atom. The molecule has 0 radical (unpaired) electrons. The van der Waals surface area contributed by atoms with Crippen LogP contribution in [0, 0.1) is 0 Å². The average Bonchev–Trinajstić information content (AvgIpc) is 2.65. The molecule has 25 heavy (non-hydrogen) atoms. The van der Waals surface area contributed by atoms with E-state index in [0.717, 1.165) is 6.54 Å². The van der Waals surface area contributed by atoms with Crippen LogP contribution in [0.25, 0.3) is 0 Å². The molecular formula is C24H45N. The van der Waals surface area contributed by atoms with Gasteiger partial charge in [-0.3, -0.25) is 4.99 Å². The van der Waals surface area contributed by atoms with Crippen molar-refractivity contribution in [3.63, 3.8) is 0 Å². The van der Waals surface area contributed by atoms with E-state index >= 15 is 0 Å². The van der Waals surface area contributed by atoms with Gasteiger partial charge < -0.3 is 0 Å². The van der Waals surface area contributed by atoms with Gasteiger partial charge in [-0.2, -0.15) is 0 Å². The van der Waals surface area contributed by atoms with Crippen molar-refractivity contribution in [2.24, 2.45) is 4.99 Å². The van der Waals surface area contributed by atoms with E-state index in [-0.39, 0.29) is 0 Å². The Balaban J connectivity index is 1.74. The Labute approximate surface area is 158 Å². The van der Waals surface area contributed by atoms with Crippen LogP contribution in [0.3, 0.4) is 0 Å². The molecule has 146 valence electrons. The summed E-state index contributed by atoms with van der Waals surface area (Å²) in [6.45, 7) is 3.38. The number of unbranched alkanes of at least 4 members (excludes halogenated alkanes) is 12. The molecule has 1 nitrogen and oxygen atoms in total. The van der Waals surface area contributed by atoms with Crippen LogP contribution in [-0.4, -0.2) is 12.3 Å². The van der Waals surface area contributed by atoms with Gasteiger partial charge in [0.1, 0.15) is 0 Å². The van der Waals surface area contributed by atoms with Crippen molar-refractivity contribution in [3.05, 3.63) is 12.2 Å². The highest BCUT2D eigenvalue weighted by Crippen LogP contribution is 2.15. The third kappa shape index (κ3) is 15.4. The third-order valence-electron chi connectivity index (χ3n) is 5.44. The summed E-state index contributed by atoms with van der Waals surface area (Å²) in [7, 11) is 0. The van der Waals surface area contributed by atoms with Gasteiger partial charge in [0.15, 0.2) is 0 Å². The number of hydrogen-bond donors (Lipinski definition) is 0. The molecule has 0 aromatic rings. The molecule has 0 N–H and O–H groups in total. The van der Waals surface area contributed by atoms with Crippen LogP contribution in [0.1, 0.15) is 129 Å². The zero-order valence-corrected chi connectivity index (χ0v) is 17.2. The van der Waals surface area contributed by atoms with Crippen LogP contribution in [0.4, 0.5) is 0 Å². The van der Waals surface area contributed by atoms with Gasteiger partial charge in [-0.15, -0.1) is 0 Å². The maximum absolute atomic E-state index is 4.79. The largest absolute Gasteiger partial charge is 0.294 e. The van der Waals surface area contributed by atoms with E-state index in [0.29, 0.717) is 0 Å². The summed E-state index contributed by atoms with van der Waals surface area (Å²) in [6.07, 6.45) is 31.0. The minimum absolute atomic E-state index is 1.09. The summed E-state index contributed by atoms with van der Waals surface area (Å²) in [5.41, 5.74) is 1.51. The topological polar surface area (TPSA) is 12.4 Å². The lowest BCUT2D eigenvalue weighted by molar-refractivity contribution is 0.597. The summed E-state index contributed by atoms with van der Waals surface area (Å²) in [5.74, 6) is 0. The summed E-state index contributed by atoms with van der Waals surface area (Å²) < 4.78 is 0. The van der Waals surface area contributed by atoms with Gasteiger partial charge in [-0.1, -0.05) is 83.3 Å². The number of nitrogens with zero attached hydrogens (tertiary/aromatic N) is 1. The van der Waals surface area contributed by atoms with Gasteiger partial charge >= 0.3 is 0 Å². The second-order valence-corrected chi connectivity index (χ2v) is 7.95. The first-order chi connectivity index (χ1) is 12.4. The molecule has 0 unspecified atom stereocenters. The highest BCUT2D eigenvalue weighted by atomic mass is 14.7. The fraction of sp³-hybridized carbons (Fsp3) is 0.875. The molecule has 0 aromatic heterocycles. The van der Waals surface area contributed by atoms with E-state index in [1.54, 1.807) is 0 Å². The molecule has 1 aliphatic carbocycles. The third-order valence-corrected chi connectivity index (χ3v) is 5.44. The van der Waals surface area contributed by atoms with E-state index in [9.17, 15) is 0 Å². The predicted molar refractivity (Wildman–Crippen MR) is 115 cm³/mol. The van der Waals surface area contributed by atoms with Gasteiger partial charge in [0.2, 0.25) is 0 Å². The number of allylic oxidation sites excluding steroid dienone is 2. The van der Waals surface area contributed by atoms with Gasteiger partial charge in [0.25, 0.3) is 0 Å². The predicted octanol–water partition coefficient (Wildman–Crippen LogP) is 8.43. The summed E-state index contributed by atoms with van der Waals surface area (Å²) in [4.78, 5) is 4.79. The van der Waals surface area contributed by atoms with Gasteiger partial charge in [0, 0.05) is 12.3 Å². The first kappa shape index (κ1) is 22.5. The lowest BCUT2D eigenvalue weighted by Crippen LogP contribution is -2.05. The molecule has 1 heteroatoms. The first-order valence-corrected chi connectivity index (χ1v) is 11.6. The maximum atomic E-state index is 4.79. The van der Waals surface area contributed by atoms with Crippen LogP contribution in [0.2, 0.25) is 0 Å². The molecule has 0 aliphatic heterocycles. The zero-order valence-electron chi connectivity index (χ0n) is 17.2. The standard InChI is InChI=1S/C24H45N/c1-2-3-4-5-6-7-8-9-10-11-12-13-14-15-16-20-23-25-24-21-18-17-19-22-24/h9-10H,2-8,11-23H2,1H3. The van der Waals surface area contributed by atoms with Crippen LogP contribution in [0.15, 0.2) is 17.1 Å². The minimum Gasteiger partial charge on any atom is -0.294 e. The van der Waals surface area contributed by atoms with E-state index < -0.39 is 0 Å². The van der Waals surface area contributed by atoms with Crippen molar-refractivity contribution < 1.29 is 0 Å². The molecule has 0 aromatic carbocycles. The van der Waals surface area contributed by atoms with Crippen LogP contribution in [-0.2, 0) is 0 Å². The summed E-state index contributed by atoms with van der Waals surface area (Å²) >= 11 is 0. The van der Waals surface area contributed by atoms with Crippen molar-refractivity contribution in [3.8, 4) is 0 Å². The Bertz CT molecular complexity index is 321. The Kier molecular flexibility index (Phi) is 16.4. The molecule has 0 saturated heterocycles. The van der Waals surface area contributed by atoms with E-state index in [2.05, 4.69) is 19.1 Å². The summed E-state index contributed by atoms with van der Waals surface area (Å²) in [5, 5.41) is 0. The molecule has 0 spiro atoms. The normalized spacial score (nSPS) is 15.2. The molecule has 0 atom stereocenters. The van der Waals surface area contributed by atoms with Crippen molar-refractivity contribution >= 4 is 5.71 Å². The van der Waals surface area contributed by atoms with Gasteiger partial charge in [-0.05, 0) is 57.8 Å². The second kappa shape index (κ2) is 18.2. The smallest absolute Gasteiger partial charge is 0.0388 e. The molecule has 0 heterocycles. The van der Waals surface area contributed by atoms with Crippen LogP contribution < -0.4 is 0 Å². The molecule has 1 rings (SSSR count). The monoisotopic (exact) mass is 347 g/mol. The van der Waals surface area contributed by atoms with Crippen molar-refractivity contribution in [1.29, 1.82) is 0 Å². The fourth-order valence-corrected chi connectivity index (χ4v) is 3.71. The van der Waals surface area contributed by atoms with Gasteiger partial charge in [0.05, 0.1) is 0 Å². The minimum atomic E-state index is 1.09.